The van der Waals surface area contributed by atoms with Gasteiger partial charge in [-0.05, 0) is 18.6 Å². The van der Waals surface area contributed by atoms with Crippen molar-refractivity contribution in [1.82, 2.24) is 13.5 Å². The van der Waals surface area contributed by atoms with Gasteiger partial charge in [0.2, 0.25) is 10.0 Å². The van der Waals surface area contributed by atoms with Gasteiger partial charge in [0.15, 0.2) is 0 Å². The Kier molecular flexibility index (Phi) is 4.09. The number of hydrogen-bond donors (Lipinski definition) is 2. The van der Waals surface area contributed by atoms with Gasteiger partial charge in [0.25, 0.3) is 0 Å². The first kappa shape index (κ1) is 14.3. The zero-order valence-corrected chi connectivity index (χ0v) is 12.5. The maximum Gasteiger partial charge on any atom is 0.243 e. The average molecular weight is 316 g/mol. The minimum absolute atomic E-state index is 0.0912. The SMILES string of the molecule is CCC(NS(=O)(=O)c1cccc2nsnc12)C(N)=S. The number of nitrogens with zero attached hydrogens (tertiary/aromatic N) is 2. The first-order valence-electron chi connectivity index (χ1n) is 5.48. The van der Waals surface area contributed by atoms with E-state index in [1.807, 2.05) is 0 Å². The topological polar surface area (TPSA) is 98.0 Å². The van der Waals surface area contributed by atoms with Crippen LogP contribution in [0, 0.1) is 0 Å². The van der Waals surface area contributed by atoms with E-state index in [1.165, 1.54) is 6.07 Å². The van der Waals surface area contributed by atoms with Gasteiger partial charge in [-0.3, -0.25) is 0 Å². The van der Waals surface area contributed by atoms with Crippen LogP contribution < -0.4 is 10.5 Å². The molecule has 0 bridgehead atoms. The van der Waals surface area contributed by atoms with Crippen LogP contribution in [0.1, 0.15) is 13.3 Å². The molecule has 3 N–H and O–H groups in total. The molecule has 1 unspecified atom stereocenters. The fourth-order valence-electron chi connectivity index (χ4n) is 1.59. The van der Waals surface area contributed by atoms with E-state index in [0.717, 1.165) is 11.7 Å². The summed E-state index contributed by atoms with van der Waals surface area (Å²) in [6, 6.07) is 4.25. The van der Waals surface area contributed by atoms with E-state index in [1.54, 1.807) is 19.1 Å². The summed E-state index contributed by atoms with van der Waals surface area (Å²) in [5.41, 5.74) is 6.41. The molecule has 6 nitrogen and oxygen atoms in total. The summed E-state index contributed by atoms with van der Waals surface area (Å²) >= 11 is 5.81. The van der Waals surface area contributed by atoms with Gasteiger partial charge < -0.3 is 5.73 Å². The summed E-state index contributed by atoms with van der Waals surface area (Å²) in [4.78, 5) is 0.211. The second kappa shape index (κ2) is 5.45. The van der Waals surface area contributed by atoms with Gasteiger partial charge in [-0.2, -0.15) is 8.75 Å². The van der Waals surface area contributed by atoms with Crippen LogP contribution in [0.3, 0.4) is 0 Å². The lowest BCUT2D eigenvalue weighted by molar-refractivity contribution is 0.573. The normalized spacial score (nSPS) is 13.5. The summed E-state index contributed by atoms with van der Waals surface area (Å²) in [5.74, 6) is 0. The van der Waals surface area contributed by atoms with Crippen molar-refractivity contribution in [3.63, 3.8) is 0 Å². The standard InChI is InChI=1S/C10H12N4O2S3/c1-2-6(10(11)17)14-19(15,16)8-5-3-4-7-9(8)13-18-12-7/h3-6,14H,2H2,1H3,(H2,11,17). The Bertz CT molecular complexity index is 710. The minimum atomic E-state index is -3.73. The van der Waals surface area contributed by atoms with Gasteiger partial charge in [0, 0.05) is 0 Å². The average Bonchev–Trinajstić information content (AvgIpc) is 2.83. The van der Waals surface area contributed by atoms with Crippen LogP contribution in [-0.2, 0) is 10.0 Å². The molecule has 0 aliphatic rings. The van der Waals surface area contributed by atoms with Gasteiger partial charge >= 0.3 is 0 Å². The van der Waals surface area contributed by atoms with E-state index < -0.39 is 16.1 Å². The fourth-order valence-corrected chi connectivity index (χ4v) is 3.96. The lowest BCUT2D eigenvalue weighted by atomic mass is 10.2. The number of thiocarbonyl (C=S) groups is 1. The third-order valence-electron chi connectivity index (χ3n) is 2.59. The zero-order valence-electron chi connectivity index (χ0n) is 10.0. The molecule has 0 spiro atoms. The van der Waals surface area contributed by atoms with Crippen molar-refractivity contribution in [1.29, 1.82) is 0 Å². The van der Waals surface area contributed by atoms with Gasteiger partial charge in [-0.15, -0.1) is 0 Å². The third kappa shape index (κ3) is 2.89. The number of sulfonamides is 1. The highest BCUT2D eigenvalue weighted by Crippen LogP contribution is 2.21. The van der Waals surface area contributed by atoms with Gasteiger partial charge in [0.05, 0.1) is 22.8 Å². The lowest BCUT2D eigenvalue weighted by Gasteiger charge is -2.15. The largest absolute Gasteiger partial charge is 0.392 e. The molecule has 0 saturated carbocycles. The predicted molar refractivity (Wildman–Crippen MR) is 78.6 cm³/mol. The van der Waals surface area contributed by atoms with Crippen LogP contribution in [0.5, 0.6) is 0 Å². The molecule has 0 radical (unpaired) electrons. The summed E-state index contributed by atoms with van der Waals surface area (Å²) < 4.78 is 35.2. The molecule has 0 aliphatic heterocycles. The molecule has 0 aliphatic carbocycles. The van der Waals surface area contributed by atoms with Crippen molar-refractivity contribution in [3.05, 3.63) is 18.2 Å². The van der Waals surface area contributed by atoms with Gasteiger partial charge in [0.1, 0.15) is 15.9 Å². The number of aromatic nitrogens is 2. The van der Waals surface area contributed by atoms with E-state index in [2.05, 4.69) is 13.5 Å². The minimum Gasteiger partial charge on any atom is -0.392 e. The van der Waals surface area contributed by atoms with Crippen molar-refractivity contribution in [2.24, 2.45) is 5.73 Å². The quantitative estimate of drug-likeness (QED) is 0.800. The van der Waals surface area contributed by atoms with E-state index in [-0.39, 0.29) is 9.88 Å². The van der Waals surface area contributed by atoms with Crippen molar-refractivity contribution in [2.75, 3.05) is 0 Å². The zero-order chi connectivity index (χ0) is 14.0. The Balaban J connectivity index is 2.45. The second-order valence-corrected chi connectivity index (χ2v) is 6.55. The first-order chi connectivity index (χ1) is 8.95. The molecule has 1 atom stereocenters. The van der Waals surface area contributed by atoms with Gasteiger partial charge in [-0.25, -0.2) is 13.1 Å². The Labute approximate surface area is 120 Å². The van der Waals surface area contributed by atoms with E-state index >= 15 is 0 Å². The monoisotopic (exact) mass is 316 g/mol. The fraction of sp³-hybridized carbons (Fsp3) is 0.300. The molecule has 2 aromatic rings. The van der Waals surface area contributed by atoms with Crippen molar-refractivity contribution in [3.8, 4) is 0 Å². The highest BCUT2D eigenvalue weighted by Gasteiger charge is 2.23. The Morgan fingerprint density at radius 3 is 2.89 bits per heavy atom. The Morgan fingerprint density at radius 2 is 2.26 bits per heavy atom. The Hall–Kier alpha value is -1.16. The maximum atomic E-state index is 12.3. The molecule has 2 rings (SSSR count). The molecule has 19 heavy (non-hydrogen) atoms. The smallest absolute Gasteiger partial charge is 0.243 e. The van der Waals surface area contributed by atoms with Crippen molar-refractivity contribution >= 4 is 50.0 Å². The molecule has 0 amide bonds. The molecule has 102 valence electrons. The molecule has 9 heteroatoms. The van der Waals surface area contributed by atoms with Crippen molar-refractivity contribution in [2.45, 2.75) is 24.3 Å². The van der Waals surface area contributed by atoms with Crippen LogP contribution in [0.2, 0.25) is 0 Å². The number of nitrogens with two attached hydrogens (primary N) is 1. The van der Waals surface area contributed by atoms with Crippen LogP contribution in [-0.4, -0.2) is 28.2 Å². The summed E-state index contributed by atoms with van der Waals surface area (Å²) in [6.45, 7) is 1.80. The number of nitrogens with one attached hydrogen (secondary N) is 1. The van der Waals surface area contributed by atoms with Crippen molar-refractivity contribution < 1.29 is 8.42 Å². The molecule has 1 aromatic carbocycles. The summed E-state index contributed by atoms with van der Waals surface area (Å²) in [7, 11) is -3.73. The number of benzene rings is 1. The molecular weight excluding hydrogens is 304 g/mol. The number of hydrogen-bond acceptors (Lipinski definition) is 6. The molecule has 0 saturated heterocycles. The molecule has 0 fully saturated rings. The molecular formula is C10H12N4O2S3. The lowest BCUT2D eigenvalue weighted by Crippen LogP contribution is -2.42. The molecule has 1 heterocycles. The summed E-state index contributed by atoms with van der Waals surface area (Å²) in [6.07, 6.45) is 0.486. The van der Waals surface area contributed by atoms with Gasteiger partial charge in [-0.1, -0.05) is 25.2 Å². The first-order valence-corrected chi connectivity index (χ1v) is 8.11. The van der Waals surface area contributed by atoms with Crippen LogP contribution >= 0.6 is 23.9 Å². The maximum absolute atomic E-state index is 12.3. The Morgan fingerprint density at radius 1 is 1.53 bits per heavy atom. The second-order valence-electron chi connectivity index (χ2n) is 3.87. The van der Waals surface area contributed by atoms with Crippen LogP contribution in [0.25, 0.3) is 11.0 Å². The number of rotatable bonds is 5. The highest BCUT2D eigenvalue weighted by atomic mass is 32.2. The van der Waals surface area contributed by atoms with E-state index in [9.17, 15) is 8.42 Å². The number of fused-ring (bicyclic) bond motifs is 1. The predicted octanol–water partition coefficient (Wildman–Crippen LogP) is 1.03. The molecule has 1 aromatic heterocycles. The van der Waals surface area contributed by atoms with Crippen LogP contribution in [0.15, 0.2) is 23.1 Å². The van der Waals surface area contributed by atoms with Crippen LogP contribution in [0.4, 0.5) is 0 Å². The highest BCUT2D eigenvalue weighted by molar-refractivity contribution is 7.90. The van der Waals surface area contributed by atoms with E-state index in [0.29, 0.717) is 17.5 Å². The third-order valence-corrected chi connectivity index (χ3v) is 4.92. The summed E-state index contributed by atoms with van der Waals surface area (Å²) in [5, 5.41) is 0. The van der Waals surface area contributed by atoms with E-state index in [4.69, 9.17) is 18.0 Å².